The van der Waals surface area contributed by atoms with Gasteiger partial charge in [0.05, 0.1) is 14.2 Å². The smallest absolute Gasteiger partial charge is 0.123 e. The van der Waals surface area contributed by atoms with Gasteiger partial charge in [-0.3, -0.25) is 0 Å². The van der Waals surface area contributed by atoms with Gasteiger partial charge in [0, 0.05) is 18.7 Å². The predicted molar refractivity (Wildman–Crippen MR) is 89.2 cm³/mol. The van der Waals surface area contributed by atoms with Gasteiger partial charge in [-0.25, -0.2) is 4.39 Å². The monoisotopic (exact) mass is 335 g/mol. The standard InChI is InChI=1S/C18H22FNO4/c1-22-17-7-8-18(23-2)13(9-17)10-20-11-15(21)12-24-16-5-3-14(19)4-6-16/h3-9,15,20-21H,10-12H2,1-2H3. The second-order valence-electron chi connectivity index (χ2n) is 5.23. The van der Waals surface area contributed by atoms with Gasteiger partial charge < -0.3 is 24.6 Å². The summed E-state index contributed by atoms with van der Waals surface area (Å²) in [4.78, 5) is 0. The van der Waals surface area contributed by atoms with E-state index < -0.39 is 6.10 Å². The lowest BCUT2D eigenvalue weighted by Gasteiger charge is -2.15. The summed E-state index contributed by atoms with van der Waals surface area (Å²) in [6.07, 6.45) is -0.688. The van der Waals surface area contributed by atoms with Crippen LogP contribution in [0.5, 0.6) is 17.2 Å². The van der Waals surface area contributed by atoms with Crippen LogP contribution in [0.4, 0.5) is 4.39 Å². The van der Waals surface area contributed by atoms with Crippen molar-refractivity contribution in [1.29, 1.82) is 0 Å². The Labute approximate surface area is 141 Å². The molecule has 0 aliphatic heterocycles. The topological polar surface area (TPSA) is 60.0 Å². The Morgan fingerprint density at radius 3 is 2.42 bits per heavy atom. The van der Waals surface area contributed by atoms with Crippen molar-refractivity contribution in [2.45, 2.75) is 12.6 Å². The van der Waals surface area contributed by atoms with E-state index in [0.29, 0.717) is 18.8 Å². The molecule has 2 rings (SSSR count). The normalized spacial score (nSPS) is 11.8. The minimum atomic E-state index is -0.688. The minimum absolute atomic E-state index is 0.119. The van der Waals surface area contributed by atoms with Crippen LogP contribution in [0, 0.1) is 5.82 Å². The predicted octanol–water partition coefficient (Wildman–Crippen LogP) is 2.37. The number of halogens is 1. The first kappa shape index (κ1) is 18.0. The van der Waals surface area contributed by atoms with Crippen molar-refractivity contribution < 1.29 is 23.7 Å². The van der Waals surface area contributed by atoms with Gasteiger partial charge >= 0.3 is 0 Å². The summed E-state index contributed by atoms with van der Waals surface area (Å²) in [5.74, 6) is 1.69. The zero-order chi connectivity index (χ0) is 17.4. The first-order valence-corrected chi connectivity index (χ1v) is 7.60. The first-order chi connectivity index (χ1) is 11.6. The van der Waals surface area contributed by atoms with Crippen molar-refractivity contribution >= 4 is 0 Å². The molecule has 5 nitrogen and oxygen atoms in total. The summed E-state index contributed by atoms with van der Waals surface area (Å²) in [5, 5.41) is 13.1. The van der Waals surface area contributed by atoms with Crippen LogP contribution in [-0.2, 0) is 6.54 Å². The summed E-state index contributed by atoms with van der Waals surface area (Å²) >= 11 is 0. The Morgan fingerprint density at radius 2 is 1.75 bits per heavy atom. The number of ether oxygens (including phenoxy) is 3. The van der Waals surface area contributed by atoms with E-state index in [4.69, 9.17) is 14.2 Å². The first-order valence-electron chi connectivity index (χ1n) is 7.60. The Morgan fingerprint density at radius 1 is 1.04 bits per heavy atom. The lowest BCUT2D eigenvalue weighted by molar-refractivity contribution is 0.106. The molecule has 6 heteroatoms. The lowest BCUT2D eigenvalue weighted by atomic mass is 10.2. The third-order valence-electron chi connectivity index (χ3n) is 3.44. The second kappa shape index (κ2) is 9.10. The fraction of sp³-hybridized carbons (Fsp3) is 0.333. The van der Waals surface area contributed by atoms with E-state index in [1.54, 1.807) is 14.2 Å². The zero-order valence-electron chi connectivity index (χ0n) is 13.8. The van der Waals surface area contributed by atoms with Gasteiger partial charge in [0.25, 0.3) is 0 Å². The number of hydrogen-bond donors (Lipinski definition) is 2. The van der Waals surface area contributed by atoms with Crippen molar-refractivity contribution in [3.8, 4) is 17.2 Å². The average molecular weight is 335 g/mol. The van der Waals surface area contributed by atoms with Crippen LogP contribution >= 0.6 is 0 Å². The van der Waals surface area contributed by atoms with Gasteiger partial charge in [-0.1, -0.05) is 0 Å². The molecule has 0 aromatic heterocycles. The molecule has 2 aromatic rings. The maximum atomic E-state index is 12.8. The highest BCUT2D eigenvalue weighted by Crippen LogP contribution is 2.23. The molecule has 0 saturated carbocycles. The Hall–Kier alpha value is -2.31. The number of methoxy groups -OCH3 is 2. The lowest BCUT2D eigenvalue weighted by Crippen LogP contribution is -2.31. The van der Waals surface area contributed by atoms with Crippen LogP contribution in [-0.4, -0.2) is 38.6 Å². The molecule has 0 spiro atoms. The number of benzene rings is 2. The molecule has 0 aliphatic carbocycles. The van der Waals surface area contributed by atoms with Gasteiger partial charge in [-0.05, 0) is 42.5 Å². The molecule has 0 aliphatic rings. The van der Waals surface area contributed by atoms with E-state index in [1.165, 1.54) is 24.3 Å². The Balaban J connectivity index is 1.77. The van der Waals surface area contributed by atoms with E-state index in [9.17, 15) is 9.50 Å². The summed E-state index contributed by atoms with van der Waals surface area (Å²) in [6, 6.07) is 11.2. The highest BCUT2D eigenvalue weighted by molar-refractivity contribution is 5.40. The molecule has 1 atom stereocenters. The van der Waals surface area contributed by atoms with Crippen LogP contribution < -0.4 is 19.5 Å². The fourth-order valence-electron chi connectivity index (χ4n) is 2.18. The molecule has 0 saturated heterocycles. The summed E-state index contributed by atoms with van der Waals surface area (Å²) in [5.41, 5.74) is 0.934. The van der Waals surface area contributed by atoms with Gasteiger partial charge in [-0.2, -0.15) is 0 Å². The van der Waals surface area contributed by atoms with Crippen molar-refractivity contribution in [1.82, 2.24) is 5.32 Å². The van der Waals surface area contributed by atoms with E-state index >= 15 is 0 Å². The van der Waals surface area contributed by atoms with Crippen LogP contribution in [0.15, 0.2) is 42.5 Å². The molecule has 24 heavy (non-hydrogen) atoms. The van der Waals surface area contributed by atoms with E-state index in [1.807, 2.05) is 18.2 Å². The van der Waals surface area contributed by atoms with Crippen LogP contribution in [0.25, 0.3) is 0 Å². The van der Waals surface area contributed by atoms with E-state index in [2.05, 4.69) is 5.32 Å². The maximum Gasteiger partial charge on any atom is 0.123 e. The summed E-state index contributed by atoms with van der Waals surface area (Å²) in [6.45, 7) is 0.990. The highest BCUT2D eigenvalue weighted by Gasteiger charge is 2.08. The van der Waals surface area contributed by atoms with Crippen LogP contribution in [0.1, 0.15) is 5.56 Å². The summed E-state index contributed by atoms with van der Waals surface area (Å²) < 4.78 is 28.7. The Bertz CT molecular complexity index is 633. The number of nitrogens with one attached hydrogen (secondary N) is 1. The largest absolute Gasteiger partial charge is 0.497 e. The van der Waals surface area contributed by atoms with Crippen LogP contribution in [0.2, 0.25) is 0 Å². The van der Waals surface area contributed by atoms with Crippen molar-refractivity contribution in [3.63, 3.8) is 0 Å². The molecule has 0 amide bonds. The molecule has 2 N–H and O–H groups in total. The van der Waals surface area contributed by atoms with Crippen molar-refractivity contribution in [3.05, 3.63) is 53.8 Å². The minimum Gasteiger partial charge on any atom is -0.497 e. The molecule has 0 radical (unpaired) electrons. The van der Waals surface area contributed by atoms with Gasteiger partial charge in [0.2, 0.25) is 0 Å². The Kier molecular flexibility index (Phi) is 6.84. The molecule has 0 heterocycles. The van der Waals surface area contributed by atoms with E-state index in [0.717, 1.165) is 17.1 Å². The molecule has 2 aromatic carbocycles. The SMILES string of the molecule is COc1ccc(OC)c(CNCC(O)COc2ccc(F)cc2)c1. The third kappa shape index (κ3) is 5.40. The van der Waals surface area contributed by atoms with Crippen LogP contribution in [0.3, 0.4) is 0 Å². The zero-order valence-corrected chi connectivity index (χ0v) is 13.8. The highest BCUT2D eigenvalue weighted by atomic mass is 19.1. The molecule has 0 fully saturated rings. The number of aliphatic hydroxyl groups excluding tert-OH is 1. The molecule has 1 unspecified atom stereocenters. The number of rotatable bonds is 9. The molecular weight excluding hydrogens is 313 g/mol. The second-order valence-corrected chi connectivity index (χ2v) is 5.23. The van der Waals surface area contributed by atoms with Crippen molar-refractivity contribution in [2.24, 2.45) is 0 Å². The van der Waals surface area contributed by atoms with Gasteiger partial charge in [0.1, 0.15) is 35.8 Å². The molecule has 0 bridgehead atoms. The third-order valence-corrected chi connectivity index (χ3v) is 3.44. The fourth-order valence-corrected chi connectivity index (χ4v) is 2.18. The summed E-state index contributed by atoms with van der Waals surface area (Å²) in [7, 11) is 3.21. The molecular formula is C18H22FNO4. The quantitative estimate of drug-likeness (QED) is 0.737. The van der Waals surface area contributed by atoms with Crippen molar-refractivity contribution in [2.75, 3.05) is 27.4 Å². The van der Waals surface area contributed by atoms with Gasteiger partial charge in [0.15, 0.2) is 0 Å². The maximum absolute atomic E-state index is 12.8. The average Bonchev–Trinajstić information content (AvgIpc) is 2.61. The van der Waals surface area contributed by atoms with Gasteiger partial charge in [-0.15, -0.1) is 0 Å². The number of aliphatic hydroxyl groups is 1. The molecule has 130 valence electrons. The number of hydrogen-bond acceptors (Lipinski definition) is 5. The van der Waals surface area contributed by atoms with E-state index in [-0.39, 0.29) is 12.4 Å².